The molecule has 1 N–H and O–H groups in total. The number of halogens is 1. The second-order valence-electron chi connectivity index (χ2n) is 5.03. The van der Waals surface area contributed by atoms with Crippen molar-refractivity contribution in [1.82, 2.24) is 9.88 Å². The van der Waals surface area contributed by atoms with E-state index in [1.807, 2.05) is 12.1 Å². The standard InChI is InChI=1S/C16H13ClN2O3/c17-14-12(6-3-8-18-14)15(20)19-9-7-10-4-1-2-5-11(10)13(19)16(21)22/h1-6,8,13H,7,9H2,(H,21,22). The Morgan fingerprint density at radius 3 is 2.73 bits per heavy atom. The summed E-state index contributed by atoms with van der Waals surface area (Å²) in [5, 5.41) is 9.66. The van der Waals surface area contributed by atoms with Crippen LogP contribution in [0.2, 0.25) is 5.15 Å². The molecule has 1 atom stereocenters. The molecule has 2 heterocycles. The molecule has 0 radical (unpaired) electrons. The quantitative estimate of drug-likeness (QED) is 0.864. The van der Waals surface area contributed by atoms with Crippen LogP contribution in [0.5, 0.6) is 0 Å². The predicted octanol–water partition coefficient (Wildman–Crippen LogP) is 2.56. The molecule has 1 unspecified atom stereocenters. The molecule has 1 aromatic heterocycles. The number of aliphatic carboxylic acids is 1. The second-order valence-corrected chi connectivity index (χ2v) is 5.39. The average molecular weight is 317 g/mol. The topological polar surface area (TPSA) is 70.5 Å². The molecule has 2 aromatic rings. The van der Waals surface area contributed by atoms with E-state index in [-0.39, 0.29) is 10.7 Å². The van der Waals surface area contributed by atoms with Crippen molar-refractivity contribution < 1.29 is 14.7 Å². The fourth-order valence-corrected chi connectivity index (χ4v) is 2.95. The minimum Gasteiger partial charge on any atom is -0.479 e. The summed E-state index contributed by atoms with van der Waals surface area (Å²) in [4.78, 5) is 29.6. The van der Waals surface area contributed by atoms with Crippen molar-refractivity contribution in [1.29, 1.82) is 0 Å². The van der Waals surface area contributed by atoms with Gasteiger partial charge < -0.3 is 10.0 Å². The molecule has 22 heavy (non-hydrogen) atoms. The number of aromatic nitrogens is 1. The number of fused-ring (bicyclic) bond motifs is 1. The number of carboxylic acids is 1. The molecular weight excluding hydrogens is 304 g/mol. The SMILES string of the molecule is O=C(O)C1c2ccccc2CCN1C(=O)c1cccnc1Cl. The van der Waals surface area contributed by atoms with Gasteiger partial charge in [0.1, 0.15) is 5.15 Å². The van der Waals surface area contributed by atoms with Gasteiger partial charge >= 0.3 is 5.97 Å². The molecule has 0 aliphatic carbocycles. The highest BCUT2D eigenvalue weighted by atomic mass is 35.5. The van der Waals surface area contributed by atoms with Gasteiger partial charge in [0.2, 0.25) is 0 Å². The highest BCUT2D eigenvalue weighted by Gasteiger charge is 2.36. The molecule has 6 heteroatoms. The maximum atomic E-state index is 12.7. The van der Waals surface area contributed by atoms with Crippen LogP contribution in [0.25, 0.3) is 0 Å². The summed E-state index contributed by atoms with van der Waals surface area (Å²) in [6.07, 6.45) is 2.10. The van der Waals surface area contributed by atoms with E-state index in [0.29, 0.717) is 18.5 Å². The predicted molar refractivity (Wildman–Crippen MR) is 80.8 cm³/mol. The Balaban J connectivity index is 2.02. The van der Waals surface area contributed by atoms with Crippen LogP contribution in [-0.2, 0) is 11.2 Å². The lowest BCUT2D eigenvalue weighted by Crippen LogP contribution is -2.43. The summed E-state index contributed by atoms with van der Waals surface area (Å²) in [5.41, 5.74) is 1.82. The van der Waals surface area contributed by atoms with E-state index in [4.69, 9.17) is 11.6 Å². The molecule has 1 aromatic carbocycles. The Kier molecular flexibility index (Phi) is 3.81. The second kappa shape index (κ2) is 5.77. The van der Waals surface area contributed by atoms with Gasteiger partial charge in [0.15, 0.2) is 6.04 Å². The lowest BCUT2D eigenvalue weighted by atomic mass is 9.92. The lowest BCUT2D eigenvalue weighted by Gasteiger charge is -2.34. The van der Waals surface area contributed by atoms with Gasteiger partial charge in [0, 0.05) is 12.7 Å². The summed E-state index contributed by atoms with van der Waals surface area (Å²) in [5.74, 6) is -1.47. The number of carbonyl (C=O) groups excluding carboxylic acids is 1. The number of rotatable bonds is 2. The van der Waals surface area contributed by atoms with E-state index in [1.54, 1.807) is 24.3 Å². The normalized spacial score (nSPS) is 17.0. The summed E-state index contributed by atoms with van der Waals surface area (Å²) in [7, 11) is 0. The molecule has 0 saturated heterocycles. The van der Waals surface area contributed by atoms with Gasteiger partial charge in [-0.3, -0.25) is 4.79 Å². The molecule has 3 rings (SSSR count). The van der Waals surface area contributed by atoms with Gasteiger partial charge in [-0.15, -0.1) is 0 Å². The van der Waals surface area contributed by atoms with Crippen molar-refractivity contribution in [3.63, 3.8) is 0 Å². The summed E-state index contributed by atoms with van der Waals surface area (Å²) < 4.78 is 0. The number of carbonyl (C=O) groups is 2. The average Bonchev–Trinajstić information content (AvgIpc) is 2.53. The highest BCUT2D eigenvalue weighted by Crippen LogP contribution is 2.31. The molecule has 0 saturated carbocycles. The van der Waals surface area contributed by atoms with Crippen LogP contribution < -0.4 is 0 Å². The first-order valence-corrected chi connectivity index (χ1v) is 7.19. The Morgan fingerprint density at radius 2 is 2.00 bits per heavy atom. The van der Waals surface area contributed by atoms with Crippen molar-refractivity contribution in [2.24, 2.45) is 0 Å². The van der Waals surface area contributed by atoms with Crippen LogP contribution in [0, 0.1) is 0 Å². The number of nitrogens with zero attached hydrogens (tertiary/aromatic N) is 2. The fraction of sp³-hybridized carbons (Fsp3) is 0.188. The Morgan fingerprint density at radius 1 is 1.23 bits per heavy atom. The molecule has 1 amide bonds. The zero-order chi connectivity index (χ0) is 15.7. The Hall–Kier alpha value is -2.40. The van der Waals surface area contributed by atoms with Gasteiger partial charge in [-0.25, -0.2) is 9.78 Å². The summed E-state index contributed by atoms with van der Waals surface area (Å²) in [6, 6.07) is 9.44. The van der Waals surface area contributed by atoms with Crippen LogP contribution in [0.3, 0.4) is 0 Å². The van der Waals surface area contributed by atoms with Crippen molar-refractivity contribution in [3.05, 3.63) is 64.4 Å². The van der Waals surface area contributed by atoms with Gasteiger partial charge in [0.05, 0.1) is 5.56 Å². The van der Waals surface area contributed by atoms with Crippen molar-refractivity contribution in [3.8, 4) is 0 Å². The summed E-state index contributed by atoms with van der Waals surface area (Å²) >= 11 is 5.96. The van der Waals surface area contributed by atoms with Gasteiger partial charge in [-0.2, -0.15) is 0 Å². The smallest absolute Gasteiger partial charge is 0.331 e. The Bertz CT molecular complexity index is 748. The number of hydrogen-bond donors (Lipinski definition) is 1. The number of benzene rings is 1. The zero-order valence-electron chi connectivity index (χ0n) is 11.6. The Labute approximate surface area is 132 Å². The van der Waals surface area contributed by atoms with Gasteiger partial charge in [-0.05, 0) is 29.7 Å². The van der Waals surface area contributed by atoms with E-state index < -0.39 is 17.9 Å². The molecule has 1 aliphatic heterocycles. The lowest BCUT2D eigenvalue weighted by molar-refractivity contribution is -0.143. The van der Waals surface area contributed by atoms with Crippen LogP contribution >= 0.6 is 11.6 Å². The van der Waals surface area contributed by atoms with Gasteiger partial charge in [0.25, 0.3) is 5.91 Å². The van der Waals surface area contributed by atoms with E-state index in [2.05, 4.69) is 4.98 Å². The van der Waals surface area contributed by atoms with Crippen LogP contribution in [-0.4, -0.2) is 33.4 Å². The minimum atomic E-state index is -1.06. The van der Waals surface area contributed by atoms with Crippen molar-refractivity contribution in [2.45, 2.75) is 12.5 Å². The maximum absolute atomic E-state index is 12.7. The van der Waals surface area contributed by atoms with E-state index in [0.717, 1.165) is 5.56 Å². The highest BCUT2D eigenvalue weighted by molar-refractivity contribution is 6.32. The minimum absolute atomic E-state index is 0.0792. The third-order valence-corrected chi connectivity index (χ3v) is 4.07. The fourth-order valence-electron chi connectivity index (χ4n) is 2.75. The number of amides is 1. The maximum Gasteiger partial charge on any atom is 0.331 e. The molecule has 1 aliphatic rings. The molecule has 0 bridgehead atoms. The first-order chi connectivity index (χ1) is 10.6. The third kappa shape index (κ3) is 2.44. The molecule has 0 fully saturated rings. The summed E-state index contributed by atoms with van der Waals surface area (Å²) in [6.45, 7) is 0.331. The van der Waals surface area contributed by atoms with Gasteiger partial charge in [-0.1, -0.05) is 35.9 Å². The number of hydrogen-bond acceptors (Lipinski definition) is 3. The first kappa shape index (κ1) is 14.5. The molecule has 5 nitrogen and oxygen atoms in total. The monoisotopic (exact) mass is 316 g/mol. The largest absolute Gasteiger partial charge is 0.479 e. The molecule has 0 spiro atoms. The van der Waals surface area contributed by atoms with Crippen LogP contribution in [0.4, 0.5) is 0 Å². The van der Waals surface area contributed by atoms with Crippen LogP contribution in [0.1, 0.15) is 27.5 Å². The van der Waals surface area contributed by atoms with E-state index >= 15 is 0 Å². The first-order valence-electron chi connectivity index (χ1n) is 6.81. The van der Waals surface area contributed by atoms with Crippen LogP contribution in [0.15, 0.2) is 42.6 Å². The number of pyridine rings is 1. The van der Waals surface area contributed by atoms with Crippen molar-refractivity contribution >= 4 is 23.5 Å². The van der Waals surface area contributed by atoms with E-state index in [1.165, 1.54) is 11.1 Å². The molecular formula is C16H13ClN2O3. The zero-order valence-corrected chi connectivity index (χ0v) is 12.3. The van der Waals surface area contributed by atoms with E-state index in [9.17, 15) is 14.7 Å². The number of carboxylic acid groups (broad SMARTS) is 1. The molecule has 112 valence electrons. The third-order valence-electron chi connectivity index (χ3n) is 3.77. The van der Waals surface area contributed by atoms with Crippen molar-refractivity contribution in [2.75, 3.05) is 6.54 Å².